The highest BCUT2D eigenvalue weighted by molar-refractivity contribution is 7.99. The van der Waals surface area contributed by atoms with Gasteiger partial charge in [-0.15, -0.1) is 0 Å². The van der Waals surface area contributed by atoms with Crippen molar-refractivity contribution >= 4 is 28.6 Å². The van der Waals surface area contributed by atoms with Gasteiger partial charge in [-0.1, -0.05) is 36.0 Å². The van der Waals surface area contributed by atoms with Crippen molar-refractivity contribution in [2.45, 2.75) is 31.8 Å². The minimum absolute atomic E-state index is 0.0481. The van der Waals surface area contributed by atoms with E-state index in [2.05, 4.69) is 4.98 Å². The van der Waals surface area contributed by atoms with Crippen LogP contribution in [0, 0.1) is 36.5 Å². The number of nitrogens with zero attached hydrogens (tertiary/aromatic N) is 5. The zero-order valence-corrected chi connectivity index (χ0v) is 18.9. The van der Waals surface area contributed by atoms with Crippen molar-refractivity contribution in [2.75, 3.05) is 18.8 Å². The van der Waals surface area contributed by atoms with Crippen LogP contribution in [0.15, 0.2) is 52.4 Å². The molecule has 3 rings (SSSR count). The quantitative estimate of drug-likeness (QED) is 0.386. The maximum absolute atomic E-state index is 13.4. The van der Waals surface area contributed by atoms with Crippen LogP contribution in [-0.2, 0) is 4.79 Å². The largest absolute Gasteiger partial charge is 0.340 e. The summed E-state index contributed by atoms with van der Waals surface area (Å²) in [5.41, 5.74) is 3.04. The Bertz CT molecular complexity index is 1270. The molecule has 0 bridgehead atoms. The van der Waals surface area contributed by atoms with Crippen LogP contribution in [0.2, 0.25) is 0 Å². The fourth-order valence-corrected chi connectivity index (χ4v) is 4.24. The number of nitriles is 2. The molecule has 1 heterocycles. The molecule has 0 aliphatic carbocycles. The van der Waals surface area contributed by atoms with Gasteiger partial charge in [0.2, 0.25) is 5.91 Å². The van der Waals surface area contributed by atoms with Crippen molar-refractivity contribution in [3.8, 4) is 17.8 Å². The number of carbonyl (C=O) groups is 1. The SMILES string of the molecule is Cc1ccc(C)c(-n2c(SCC(=O)N(CCC#N)CCC#N)nc3ccccc3c2=O)c1. The van der Waals surface area contributed by atoms with Gasteiger partial charge in [-0.2, -0.15) is 10.5 Å². The van der Waals surface area contributed by atoms with E-state index in [1.807, 2.05) is 50.3 Å². The molecule has 1 amide bonds. The summed E-state index contributed by atoms with van der Waals surface area (Å²) in [6, 6.07) is 17.1. The van der Waals surface area contributed by atoms with Crippen LogP contribution in [0.3, 0.4) is 0 Å². The molecule has 0 fully saturated rings. The second-order valence-electron chi connectivity index (χ2n) is 7.33. The molecule has 1 aromatic heterocycles. The third-order valence-electron chi connectivity index (χ3n) is 5.01. The van der Waals surface area contributed by atoms with Crippen molar-refractivity contribution in [3.05, 3.63) is 63.9 Å². The Balaban J connectivity index is 2.01. The highest BCUT2D eigenvalue weighted by atomic mass is 32.2. The van der Waals surface area contributed by atoms with E-state index < -0.39 is 0 Å². The molecule has 0 N–H and O–H groups in total. The normalized spacial score (nSPS) is 10.5. The summed E-state index contributed by atoms with van der Waals surface area (Å²) in [4.78, 5) is 32.4. The van der Waals surface area contributed by atoms with Gasteiger partial charge in [-0.05, 0) is 43.2 Å². The molecule has 32 heavy (non-hydrogen) atoms. The van der Waals surface area contributed by atoms with Crippen molar-refractivity contribution in [3.63, 3.8) is 0 Å². The minimum Gasteiger partial charge on any atom is -0.340 e. The lowest BCUT2D eigenvalue weighted by atomic mass is 10.1. The van der Waals surface area contributed by atoms with E-state index in [1.54, 1.807) is 22.8 Å². The third kappa shape index (κ3) is 5.16. The Kier molecular flexibility index (Phi) is 7.64. The summed E-state index contributed by atoms with van der Waals surface area (Å²) < 4.78 is 1.57. The summed E-state index contributed by atoms with van der Waals surface area (Å²) in [7, 11) is 0. The van der Waals surface area contributed by atoms with E-state index in [9.17, 15) is 9.59 Å². The van der Waals surface area contributed by atoms with Gasteiger partial charge in [0.05, 0.1) is 47.3 Å². The van der Waals surface area contributed by atoms with Gasteiger partial charge in [0.15, 0.2) is 5.16 Å². The number of hydrogen-bond donors (Lipinski definition) is 0. The monoisotopic (exact) mass is 445 g/mol. The molecule has 0 aliphatic rings. The van der Waals surface area contributed by atoms with Crippen LogP contribution in [0.1, 0.15) is 24.0 Å². The topological polar surface area (TPSA) is 103 Å². The number of fused-ring (bicyclic) bond motifs is 1. The molecule has 2 aromatic carbocycles. The van der Waals surface area contributed by atoms with Crippen molar-refractivity contribution in [1.82, 2.24) is 14.5 Å². The molecule has 0 saturated heterocycles. The van der Waals surface area contributed by atoms with E-state index in [0.717, 1.165) is 16.8 Å². The maximum atomic E-state index is 13.4. The molecule has 7 nitrogen and oxygen atoms in total. The first-order valence-electron chi connectivity index (χ1n) is 10.2. The second-order valence-corrected chi connectivity index (χ2v) is 8.27. The molecular formula is C24H23N5O2S. The van der Waals surface area contributed by atoms with Crippen LogP contribution >= 0.6 is 11.8 Å². The maximum Gasteiger partial charge on any atom is 0.266 e. The lowest BCUT2D eigenvalue weighted by molar-refractivity contribution is -0.128. The average Bonchev–Trinajstić information content (AvgIpc) is 2.79. The number of amides is 1. The van der Waals surface area contributed by atoms with Gasteiger partial charge in [0, 0.05) is 13.1 Å². The lowest BCUT2D eigenvalue weighted by Gasteiger charge is -2.21. The van der Waals surface area contributed by atoms with Gasteiger partial charge >= 0.3 is 0 Å². The molecule has 0 unspecified atom stereocenters. The molecule has 162 valence electrons. The van der Waals surface area contributed by atoms with Crippen molar-refractivity contribution < 1.29 is 4.79 Å². The molecule has 0 aliphatic heterocycles. The van der Waals surface area contributed by atoms with Crippen LogP contribution in [-0.4, -0.2) is 39.2 Å². The molecule has 0 atom stereocenters. The number of hydrogen-bond acceptors (Lipinski definition) is 6. The molecule has 0 saturated carbocycles. The van der Waals surface area contributed by atoms with Crippen LogP contribution in [0.4, 0.5) is 0 Å². The minimum atomic E-state index is -0.199. The average molecular weight is 446 g/mol. The zero-order valence-electron chi connectivity index (χ0n) is 18.0. The van der Waals surface area contributed by atoms with E-state index in [1.165, 1.54) is 16.7 Å². The van der Waals surface area contributed by atoms with Gasteiger partial charge in [-0.25, -0.2) is 4.98 Å². The lowest BCUT2D eigenvalue weighted by Crippen LogP contribution is -2.34. The number of carbonyl (C=O) groups excluding carboxylic acids is 1. The van der Waals surface area contributed by atoms with Crippen LogP contribution < -0.4 is 5.56 Å². The first-order chi connectivity index (χ1) is 15.5. The summed E-state index contributed by atoms with van der Waals surface area (Å²) in [6.45, 7) is 4.43. The molecular weight excluding hydrogens is 422 g/mol. The number of thioether (sulfide) groups is 1. The fourth-order valence-electron chi connectivity index (χ4n) is 3.33. The first kappa shape index (κ1) is 23.1. The van der Waals surface area contributed by atoms with E-state index >= 15 is 0 Å². The highest BCUT2D eigenvalue weighted by Crippen LogP contribution is 2.24. The Morgan fingerprint density at radius 3 is 2.47 bits per heavy atom. The van der Waals surface area contributed by atoms with Crippen LogP contribution in [0.25, 0.3) is 16.6 Å². The summed E-state index contributed by atoms with van der Waals surface area (Å²) in [6.07, 6.45) is 0.395. The Morgan fingerprint density at radius 1 is 1.09 bits per heavy atom. The number of benzene rings is 2. The smallest absolute Gasteiger partial charge is 0.266 e. The molecule has 0 spiro atoms. The van der Waals surface area contributed by atoms with Crippen molar-refractivity contribution in [2.24, 2.45) is 0 Å². The zero-order chi connectivity index (χ0) is 23.1. The molecule has 8 heteroatoms. The molecule has 3 aromatic rings. The number of aromatic nitrogens is 2. The Morgan fingerprint density at radius 2 is 1.78 bits per heavy atom. The molecule has 0 radical (unpaired) electrons. The van der Waals surface area contributed by atoms with Crippen molar-refractivity contribution in [1.29, 1.82) is 10.5 Å². The fraction of sp³-hybridized carbons (Fsp3) is 0.292. The van der Waals surface area contributed by atoms with Crippen LogP contribution in [0.5, 0.6) is 0 Å². The predicted octanol–water partition coefficient (Wildman–Crippen LogP) is 3.75. The summed E-state index contributed by atoms with van der Waals surface area (Å²) in [5, 5.41) is 18.7. The first-order valence-corrected chi connectivity index (χ1v) is 11.2. The van der Waals surface area contributed by atoms with Gasteiger partial charge in [0.1, 0.15) is 0 Å². The summed E-state index contributed by atoms with van der Waals surface area (Å²) >= 11 is 1.18. The number of aryl methyl sites for hydroxylation is 2. The standard InChI is InChI=1S/C24H23N5O2S/c1-17-9-10-18(2)21(15-17)29-23(31)19-7-3-4-8-20(19)27-24(29)32-16-22(30)28(13-5-11-25)14-6-12-26/h3-4,7-10,15H,5-6,13-14,16H2,1-2H3. The van der Waals surface area contributed by atoms with E-state index in [4.69, 9.17) is 10.5 Å². The van der Waals surface area contributed by atoms with E-state index in [-0.39, 0.29) is 43.2 Å². The highest BCUT2D eigenvalue weighted by Gasteiger charge is 2.18. The number of rotatable bonds is 8. The van der Waals surface area contributed by atoms with Gasteiger partial charge in [-0.3, -0.25) is 14.2 Å². The third-order valence-corrected chi connectivity index (χ3v) is 5.94. The van der Waals surface area contributed by atoms with E-state index in [0.29, 0.717) is 16.1 Å². The second kappa shape index (κ2) is 10.6. The van der Waals surface area contributed by atoms with Gasteiger partial charge < -0.3 is 4.90 Å². The Hall–Kier alpha value is -3.62. The Labute approximate surface area is 190 Å². The van der Waals surface area contributed by atoms with Gasteiger partial charge in [0.25, 0.3) is 5.56 Å². The number of para-hydroxylation sites is 1. The summed E-state index contributed by atoms with van der Waals surface area (Å²) in [5.74, 6) is -0.151. The predicted molar refractivity (Wildman–Crippen MR) is 125 cm³/mol.